The van der Waals surface area contributed by atoms with E-state index >= 15 is 0 Å². The SMILES string of the molecule is OC[C@H]1CCCN1c1cc(Cl)nc(C2CC2)n1. The Kier molecular flexibility index (Phi) is 2.92. The Morgan fingerprint density at radius 3 is 2.88 bits per heavy atom. The molecule has 2 heterocycles. The van der Waals surface area contributed by atoms with Crippen molar-refractivity contribution in [2.75, 3.05) is 18.1 Å². The Balaban J connectivity index is 1.90. The lowest BCUT2D eigenvalue weighted by Crippen LogP contribution is -2.33. The first-order chi connectivity index (χ1) is 8.28. The first-order valence-corrected chi connectivity index (χ1v) is 6.57. The Hall–Kier alpha value is -0.870. The minimum atomic E-state index is 0.181. The molecule has 1 aliphatic carbocycles. The van der Waals surface area contributed by atoms with Crippen LogP contribution in [0.1, 0.15) is 37.4 Å². The lowest BCUT2D eigenvalue weighted by molar-refractivity contribution is 0.266. The van der Waals surface area contributed by atoms with Crippen molar-refractivity contribution < 1.29 is 5.11 Å². The molecule has 0 aromatic carbocycles. The summed E-state index contributed by atoms with van der Waals surface area (Å²) in [6.45, 7) is 1.13. The summed E-state index contributed by atoms with van der Waals surface area (Å²) >= 11 is 6.05. The number of aliphatic hydroxyl groups is 1. The van der Waals surface area contributed by atoms with Crippen LogP contribution in [0.25, 0.3) is 0 Å². The first-order valence-electron chi connectivity index (χ1n) is 6.20. The van der Waals surface area contributed by atoms with Gasteiger partial charge in [-0.1, -0.05) is 11.6 Å². The molecule has 0 unspecified atom stereocenters. The van der Waals surface area contributed by atoms with Crippen LogP contribution in [0.15, 0.2) is 6.07 Å². The van der Waals surface area contributed by atoms with Gasteiger partial charge in [-0.2, -0.15) is 0 Å². The fourth-order valence-corrected chi connectivity index (χ4v) is 2.61. The lowest BCUT2D eigenvalue weighted by atomic mass is 10.2. The van der Waals surface area contributed by atoms with Gasteiger partial charge >= 0.3 is 0 Å². The summed E-state index contributed by atoms with van der Waals surface area (Å²) < 4.78 is 0. The molecule has 92 valence electrons. The molecule has 2 aliphatic rings. The molecule has 0 spiro atoms. The summed E-state index contributed by atoms with van der Waals surface area (Å²) in [7, 11) is 0. The van der Waals surface area contributed by atoms with Crippen LogP contribution in [0, 0.1) is 0 Å². The van der Waals surface area contributed by atoms with Gasteiger partial charge in [0, 0.05) is 18.5 Å². The summed E-state index contributed by atoms with van der Waals surface area (Å²) in [5.74, 6) is 2.25. The van der Waals surface area contributed by atoms with Crippen LogP contribution in [-0.2, 0) is 0 Å². The highest BCUT2D eigenvalue weighted by atomic mass is 35.5. The van der Waals surface area contributed by atoms with Gasteiger partial charge in [0.1, 0.15) is 16.8 Å². The van der Waals surface area contributed by atoms with Crippen LogP contribution in [0.3, 0.4) is 0 Å². The van der Waals surface area contributed by atoms with E-state index in [1.807, 2.05) is 0 Å². The normalized spacial score (nSPS) is 24.4. The van der Waals surface area contributed by atoms with Crippen molar-refractivity contribution in [1.82, 2.24) is 9.97 Å². The highest BCUT2D eigenvalue weighted by Crippen LogP contribution is 2.39. The second-order valence-corrected chi connectivity index (χ2v) is 5.24. The van der Waals surface area contributed by atoms with E-state index in [1.54, 1.807) is 6.07 Å². The average molecular weight is 254 g/mol. The molecule has 4 nitrogen and oxygen atoms in total. The van der Waals surface area contributed by atoms with E-state index in [1.165, 1.54) is 12.8 Å². The monoisotopic (exact) mass is 253 g/mol. The van der Waals surface area contributed by atoms with E-state index in [0.29, 0.717) is 11.1 Å². The molecule has 0 radical (unpaired) electrons. The molecule has 1 saturated carbocycles. The van der Waals surface area contributed by atoms with E-state index in [-0.39, 0.29) is 12.6 Å². The quantitative estimate of drug-likeness (QED) is 0.837. The maximum absolute atomic E-state index is 9.34. The van der Waals surface area contributed by atoms with Crippen molar-refractivity contribution >= 4 is 17.4 Å². The fraction of sp³-hybridized carbons (Fsp3) is 0.667. The highest BCUT2D eigenvalue weighted by molar-refractivity contribution is 6.29. The van der Waals surface area contributed by atoms with E-state index in [9.17, 15) is 5.11 Å². The summed E-state index contributed by atoms with van der Waals surface area (Å²) in [5, 5.41) is 9.85. The zero-order valence-corrected chi connectivity index (χ0v) is 10.4. The molecule has 17 heavy (non-hydrogen) atoms. The Morgan fingerprint density at radius 2 is 2.18 bits per heavy atom. The first kappa shape index (κ1) is 11.2. The molecule has 1 aromatic rings. The van der Waals surface area contributed by atoms with Gasteiger partial charge in [0.25, 0.3) is 0 Å². The number of rotatable bonds is 3. The molecule has 2 fully saturated rings. The van der Waals surface area contributed by atoms with Crippen LogP contribution in [0.4, 0.5) is 5.82 Å². The van der Waals surface area contributed by atoms with Crippen molar-refractivity contribution in [1.29, 1.82) is 0 Å². The standard InChI is InChI=1S/C12H16ClN3O/c13-10-6-11(15-12(14-10)8-3-4-8)16-5-1-2-9(16)7-17/h6,8-9,17H,1-5,7H2/t9-/m1/s1. The van der Waals surface area contributed by atoms with Crippen LogP contribution in [-0.4, -0.2) is 34.3 Å². The molecule has 0 bridgehead atoms. The molecule has 0 amide bonds. The second kappa shape index (κ2) is 4.42. The van der Waals surface area contributed by atoms with Crippen LogP contribution < -0.4 is 4.90 Å². The van der Waals surface area contributed by atoms with Crippen LogP contribution in [0.5, 0.6) is 0 Å². The van der Waals surface area contributed by atoms with Gasteiger partial charge in [-0.3, -0.25) is 0 Å². The van der Waals surface area contributed by atoms with Gasteiger partial charge in [-0.05, 0) is 25.7 Å². The third-order valence-electron chi connectivity index (χ3n) is 3.52. The Morgan fingerprint density at radius 1 is 1.35 bits per heavy atom. The zero-order valence-electron chi connectivity index (χ0n) is 9.64. The van der Waals surface area contributed by atoms with E-state index < -0.39 is 0 Å². The molecular weight excluding hydrogens is 238 g/mol. The number of aromatic nitrogens is 2. The molecule has 1 aromatic heterocycles. The van der Waals surface area contributed by atoms with Crippen molar-refractivity contribution in [3.05, 3.63) is 17.0 Å². The predicted molar refractivity (Wildman–Crippen MR) is 66.5 cm³/mol. The summed E-state index contributed by atoms with van der Waals surface area (Å²) in [5.41, 5.74) is 0. The van der Waals surface area contributed by atoms with Gasteiger partial charge < -0.3 is 10.0 Å². The van der Waals surface area contributed by atoms with Crippen LogP contribution >= 0.6 is 11.6 Å². The second-order valence-electron chi connectivity index (χ2n) is 4.85. The minimum absolute atomic E-state index is 0.181. The molecule has 1 atom stereocenters. The van der Waals surface area contributed by atoms with Gasteiger partial charge in [0.15, 0.2) is 0 Å². The number of hydrogen-bond donors (Lipinski definition) is 1. The maximum atomic E-state index is 9.34. The molecule has 3 rings (SSSR count). The maximum Gasteiger partial charge on any atom is 0.135 e. The predicted octanol–water partition coefficient (Wildman–Crippen LogP) is 1.97. The van der Waals surface area contributed by atoms with Crippen molar-refractivity contribution in [2.24, 2.45) is 0 Å². The third kappa shape index (κ3) is 2.24. The molecule has 1 saturated heterocycles. The van der Waals surface area contributed by atoms with E-state index in [2.05, 4.69) is 14.9 Å². The van der Waals surface area contributed by atoms with Crippen molar-refractivity contribution in [3.8, 4) is 0 Å². The van der Waals surface area contributed by atoms with Gasteiger partial charge in [0.2, 0.25) is 0 Å². The summed E-state index contributed by atoms with van der Waals surface area (Å²) in [6.07, 6.45) is 4.47. The number of anilines is 1. The number of hydrogen-bond acceptors (Lipinski definition) is 4. The average Bonchev–Trinajstić information content (AvgIpc) is 3.06. The lowest BCUT2D eigenvalue weighted by Gasteiger charge is -2.24. The van der Waals surface area contributed by atoms with E-state index in [0.717, 1.165) is 31.0 Å². The van der Waals surface area contributed by atoms with Crippen LogP contribution in [0.2, 0.25) is 5.15 Å². The summed E-state index contributed by atoms with van der Waals surface area (Å²) in [4.78, 5) is 11.0. The van der Waals surface area contributed by atoms with Gasteiger partial charge in [-0.25, -0.2) is 9.97 Å². The minimum Gasteiger partial charge on any atom is -0.394 e. The molecule has 5 heteroatoms. The third-order valence-corrected chi connectivity index (χ3v) is 3.72. The topological polar surface area (TPSA) is 49.2 Å². The Bertz CT molecular complexity index is 422. The van der Waals surface area contributed by atoms with E-state index in [4.69, 9.17) is 11.6 Å². The van der Waals surface area contributed by atoms with Crippen molar-refractivity contribution in [2.45, 2.75) is 37.6 Å². The largest absolute Gasteiger partial charge is 0.394 e. The highest BCUT2D eigenvalue weighted by Gasteiger charge is 2.30. The summed E-state index contributed by atoms with van der Waals surface area (Å²) in [6, 6.07) is 1.99. The van der Waals surface area contributed by atoms with Crippen molar-refractivity contribution in [3.63, 3.8) is 0 Å². The zero-order chi connectivity index (χ0) is 11.8. The molecule has 1 aliphatic heterocycles. The smallest absolute Gasteiger partial charge is 0.135 e. The number of nitrogens with zero attached hydrogens (tertiary/aromatic N) is 3. The fourth-order valence-electron chi connectivity index (χ4n) is 2.42. The Labute approximate surface area is 106 Å². The number of halogens is 1. The number of aliphatic hydroxyl groups excluding tert-OH is 1. The van der Waals surface area contributed by atoms with Gasteiger partial charge in [0.05, 0.1) is 12.6 Å². The molecular formula is C12H16ClN3O. The molecule has 1 N–H and O–H groups in total. The van der Waals surface area contributed by atoms with Gasteiger partial charge in [-0.15, -0.1) is 0 Å².